The minimum absolute atomic E-state index is 0.169. The Morgan fingerprint density at radius 1 is 1.04 bits per heavy atom. The third-order valence-corrected chi connectivity index (χ3v) is 4.13. The summed E-state index contributed by atoms with van der Waals surface area (Å²) < 4.78 is 10.4. The summed E-state index contributed by atoms with van der Waals surface area (Å²) in [5.74, 6) is -0.366. The maximum absolute atomic E-state index is 11.9. The smallest absolute Gasteiger partial charge is 0.338 e. The van der Waals surface area contributed by atoms with Crippen molar-refractivity contribution in [3.05, 3.63) is 70.1 Å². The Morgan fingerprint density at radius 3 is 2.36 bits per heavy atom. The molecule has 7 heteroatoms. The third-order valence-electron chi connectivity index (χ3n) is 3.93. The molecule has 0 radical (unpaired) electrons. The molecule has 0 spiro atoms. The molecule has 1 aromatic heterocycles. The lowest BCUT2D eigenvalue weighted by Gasteiger charge is -2.12. The number of esters is 1. The number of rotatable bonds is 4. The second-order valence-electron chi connectivity index (χ2n) is 6.57. The van der Waals surface area contributed by atoms with Crippen molar-refractivity contribution in [1.29, 1.82) is 0 Å². The maximum atomic E-state index is 11.9. The van der Waals surface area contributed by atoms with E-state index < -0.39 is 0 Å². The van der Waals surface area contributed by atoms with Gasteiger partial charge in [0.25, 0.3) is 0 Å². The molecule has 3 rings (SSSR count). The predicted octanol–water partition coefficient (Wildman–Crippen LogP) is 4.48. The van der Waals surface area contributed by atoms with E-state index in [2.05, 4.69) is 10.6 Å². The van der Waals surface area contributed by atoms with Crippen molar-refractivity contribution in [2.24, 2.45) is 0 Å². The lowest BCUT2D eigenvalue weighted by Crippen LogP contribution is -2.19. The zero-order chi connectivity index (χ0) is 20.3. The van der Waals surface area contributed by atoms with Gasteiger partial charge in [-0.25, -0.2) is 9.59 Å². The average molecular weight is 396 g/mol. The van der Waals surface area contributed by atoms with E-state index >= 15 is 0 Å². The molecule has 2 aromatic carbocycles. The molecule has 2 N–H and O–H groups in total. The first-order chi connectivity index (χ1) is 13.3. The van der Waals surface area contributed by atoms with Crippen LogP contribution in [-0.2, 0) is 4.74 Å². The van der Waals surface area contributed by atoms with Crippen LogP contribution in [0.2, 0.25) is 0 Å². The van der Waals surface area contributed by atoms with Gasteiger partial charge in [0.1, 0.15) is 5.58 Å². The molecule has 0 atom stereocenters. The monoisotopic (exact) mass is 396 g/mol. The number of ether oxygens (including phenoxy) is 1. The minimum atomic E-state index is -0.390. The first-order valence-corrected chi connectivity index (χ1v) is 9.16. The number of nitrogens with one attached hydrogen (secondary N) is 2. The number of aryl methyl sites for hydroxylation is 1. The standard InChI is InChI=1S/C21H20N2O4S/c1-12(2)26-20(25)14-4-6-15(7-5-14)22-21(28)23-16-8-9-17-13(3)10-19(24)27-18(17)11-16/h4-12H,1-3H3,(H2,22,23,28). The average Bonchev–Trinajstić information content (AvgIpc) is 2.61. The summed E-state index contributed by atoms with van der Waals surface area (Å²) in [6, 6.07) is 13.7. The molecule has 1 heterocycles. The van der Waals surface area contributed by atoms with Crippen molar-refractivity contribution in [2.75, 3.05) is 10.6 Å². The van der Waals surface area contributed by atoms with Gasteiger partial charge in [0.2, 0.25) is 0 Å². The summed E-state index contributed by atoms with van der Waals surface area (Å²) in [5, 5.41) is 7.33. The number of hydrogen-bond acceptors (Lipinski definition) is 5. The highest BCUT2D eigenvalue weighted by molar-refractivity contribution is 7.80. The highest BCUT2D eigenvalue weighted by Crippen LogP contribution is 2.21. The Labute approximate surface area is 167 Å². The molecule has 0 saturated carbocycles. The van der Waals surface area contributed by atoms with Crippen molar-refractivity contribution in [1.82, 2.24) is 0 Å². The number of thiocarbonyl (C=S) groups is 1. The van der Waals surface area contributed by atoms with E-state index in [-0.39, 0.29) is 17.7 Å². The fourth-order valence-corrected chi connectivity index (χ4v) is 2.90. The molecule has 0 saturated heterocycles. The van der Waals surface area contributed by atoms with Crippen LogP contribution in [0.15, 0.2) is 57.7 Å². The lowest BCUT2D eigenvalue weighted by molar-refractivity contribution is 0.0378. The normalized spacial score (nSPS) is 10.7. The van der Waals surface area contributed by atoms with Gasteiger partial charge in [0.05, 0.1) is 11.7 Å². The number of fused-ring (bicyclic) bond motifs is 1. The second kappa shape index (κ2) is 8.22. The number of hydrogen-bond donors (Lipinski definition) is 2. The van der Waals surface area contributed by atoms with E-state index in [1.807, 2.05) is 19.1 Å². The van der Waals surface area contributed by atoms with Gasteiger partial charge in [-0.05, 0) is 75.0 Å². The van der Waals surface area contributed by atoms with Crippen LogP contribution in [0.1, 0.15) is 29.8 Å². The molecule has 0 bridgehead atoms. The van der Waals surface area contributed by atoms with E-state index in [1.165, 1.54) is 6.07 Å². The van der Waals surface area contributed by atoms with Crippen molar-refractivity contribution >= 4 is 45.6 Å². The Hall–Kier alpha value is -3.19. The van der Waals surface area contributed by atoms with Crippen LogP contribution < -0.4 is 16.3 Å². The topological polar surface area (TPSA) is 80.6 Å². The second-order valence-corrected chi connectivity index (χ2v) is 6.98. The van der Waals surface area contributed by atoms with Gasteiger partial charge in [0, 0.05) is 28.9 Å². The summed E-state index contributed by atoms with van der Waals surface area (Å²) in [6.45, 7) is 5.47. The van der Waals surface area contributed by atoms with Crippen LogP contribution in [-0.4, -0.2) is 17.2 Å². The Morgan fingerprint density at radius 2 is 1.68 bits per heavy atom. The quantitative estimate of drug-likeness (QED) is 0.382. The Balaban J connectivity index is 1.68. The zero-order valence-electron chi connectivity index (χ0n) is 15.7. The van der Waals surface area contributed by atoms with Crippen LogP contribution >= 0.6 is 12.2 Å². The molecule has 0 aliphatic carbocycles. The molecule has 144 valence electrons. The summed E-state index contributed by atoms with van der Waals surface area (Å²) in [7, 11) is 0. The largest absolute Gasteiger partial charge is 0.459 e. The molecule has 0 aliphatic rings. The molecule has 0 amide bonds. The fourth-order valence-electron chi connectivity index (χ4n) is 2.67. The maximum Gasteiger partial charge on any atom is 0.338 e. The highest BCUT2D eigenvalue weighted by Gasteiger charge is 2.09. The van der Waals surface area contributed by atoms with Gasteiger partial charge in [0.15, 0.2) is 5.11 Å². The summed E-state index contributed by atoms with van der Waals surface area (Å²) in [4.78, 5) is 23.4. The number of carbonyl (C=O) groups excluding carboxylic acids is 1. The van der Waals surface area contributed by atoms with Crippen LogP contribution in [0, 0.1) is 6.92 Å². The van der Waals surface area contributed by atoms with Crippen LogP contribution in [0.5, 0.6) is 0 Å². The highest BCUT2D eigenvalue weighted by atomic mass is 32.1. The van der Waals surface area contributed by atoms with Crippen molar-refractivity contribution < 1.29 is 13.9 Å². The van der Waals surface area contributed by atoms with Gasteiger partial charge in [-0.2, -0.15) is 0 Å². The van der Waals surface area contributed by atoms with Gasteiger partial charge in [-0.3, -0.25) is 0 Å². The Kier molecular flexibility index (Phi) is 5.75. The molecule has 0 unspecified atom stereocenters. The third kappa shape index (κ3) is 4.75. The number of carbonyl (C=O) groups is 1. The molecule has 0 aliphatic heterocycles. The Bertz CT molecular complexity index is 1090. The predicted molar refractivity (Wildman–Crippen MR) is 114 cm³/mol. The lowest BCUT2D eigenvalue weighted by atomic mass is 10.1. The first kappa shape index (κ1) is 19.6. The molecule has 0 fully saturated rings. The zero-order valence-corrected chi connectivity index (χ0v) is 16.6. The molecular weight excluding hydrogens is 376 g/mol. The molecule has 3 aromatic rings. The fraction of sp³-hybridized carbons (Fsp3) is 0.190. The summed E-state index contributed by atoms with van der Waals surface area (Å²) in [6.07, 6.45) is -0.169. The van der Waals surface area contributed by atoms with E-state index in [1.54, 1.807) is 44.2 Å². The van der Waals surface area contributed by atoms with Crippen molar-refractivity contribution in [2.45, 2.75) is 26.9 Å². The van der Waals surface area contributed by atoms with Gasteiger partial charge >= 0.3 is 11.6 Å². The van der Waals surface area contributed by atoms with E-state index in [9.17, 15) is 9.59 Å². The van der Waals surface area contributed by atoms with Crippen LogP contribution in [0.25, 0.3) is 11.0 Å². The summed E-state index contributed by atoms with van der Waals surface area (Å²) in [5.41, 5.74) is 2.84. The first-order valence-electron chi connectivity index (χ1n) is 8.75. The van der Waals surface area contributed by atoms with Crippen LogP contribution in [0.4, 0.5) is 11.4 Å². The number of benzene rings is 2. The van der Waals surface area contributed by atoms with Crippen molar-refractivity contribution in [3.8, 4) is 0 Å². The summed E-state index contributed by atoms with van der Waals surface area (Å²) >= 11 is 5.33. The van der Waals surface area contributed by atoms with Gasteiger partial charge < -0.3 is 19.8 Å². The van der Waals surface area contributed by atoms with Crippen molar-refractivity contribution in [3.63, 3.8) is 0 Å². The minimum Gasteiger partial charge on any atom is -0.459 e. The van der Waals surface area contributed by atoms with E-state index in [0.29, 0.717) is 21.9 Å². The number of anilines is 2. The SMILES string of the molecule is Cc1cc(=O)oc2cc(NC(=S)Nc3ccc(C(=O)OC(C)C)cc3)ccc12. The van der Waals surface area contributed by atoms with E-state index in [0.717, 1.165) is 16.6 Å². The van der Waals surface area contributed by atoms with Gasteiger partial charge in [-0.1, -0.05) is 0 Å². The molecule has 6 nitrogen and oxygen atoms in total. The van der Waals surface area contributed by atoms with E-state index in [4.69, 9.17) is 21.4 Å². The van der Waals surface area contributed by atoms with Gasteiger partial charge in [-0.15, -0.1) is 0 Å². The molecule has 28 heavy (non-hydrogen) atoms. The van der Waals surface area contributed by atoms with Crippen LogP contribution in [0.3, 0.4) is 0 Å². The molecular formula is C21H20N2O4S.